The monoisotopic (exact) mass is 291 g/mol. The Morgan fingerprint density at radius 3 is 2.33 bits per heavy atom. The van der Waals surface area contributed by atoms with Crippen molar-refractivity contribution < 1.29 is 4.74 Å². The number of nitrogens with two attached hydrogens (primary N) is 1. The van der Waals surface area contributed by atoms with Crippen LogP contribution in [0.1, 0.15) is 74.1 Å². The molecule has 0 saturated heterocycles. The third kappa shape index (κ3) is 4.74. The van der Waals surface area contributed by atoms with Crippen LogP contribution in [0.15, 0.2) is 6.07 Å². The van der Waals surface area contributed by atoms with Crippen LogP contribution in [0.2, 0.25) is 0 Å². The minimum Gasteiger partial charge on any atom is -0.493 e. The minimum absolute atomic E-state index is 0.637. The fourth-order valence-corrected chi connectivity index (χ4v) is 3.20. The van der Waals surface area contributed by atoms with Gasteiger partial charge in [-0.1, -0.05) is 20.3 Å². The first-order chi connectivity index (χ1) is 10.1. The van der Waals surface area contributed by atoms with Crippen molar-refractivity contribution in [1.82, 2.24) is 0 Å². The Morgan fingerprint density at radius 2 is 1.76 bits per heavy atom. The van der Waals surface area contributed by atoms with Crippen LogP contribution in [0.5, 0.6) is 5.75 Å². The van der Waals surface area contributed by atoms with Crippen molar-refractivity contribution in [2.75, 3.05) is 13.2 Å². The summed E-state index contributed by atoms with van der Waals surface area (Å²) in [6, 6.07) is 2.23. The minimum atomic E-state index is 0.637. The highest BCUT2D eigenvalue weighted by atomic mass is 16.5. The molecular weight excluding hydrogens is 258 g/mol. The molecule has 1 rings (SSSR count). The van der Waals surface area contributed by atoms with Gasteiger partial charge in [0, 0.05) is 0 Å². The van der Waals surface area contributed by atoms with Crippen LogP contribution in [0.3, 0.4) is 0 Å². The molecule has 0 aromatic heterocycles. The molecule has 2 heteroatoms. The molecule has 1 atom stereocenters. The Kier molecular flexibility index (Phi) is 7.81. The summed E-state index contributed by atoms with van der Waals surface area (Å²) in [5, 5.41) is 0. The maximum Gasteiger partial charge on any atom is 0.122 e. The molecule has 0 heterocycles. The lowest BCUT2D eigenvalue weighted by Gasteiger charge is -2.24. The number of hydrogen-bond acceptors (Lipinski definition) is 2. The molecule has 21 heavy (non-hydrogen) atoms. The van der Waals surface area contributed by atoms with E-state index in [1.54, 1.807) is 0 Å². The van der Waals surface area contributed by atoms with Gasteiger partial charge >= 0.3 is 0 Å². The summed E-state index contributed by atoms with van der Waals surface area (Å²) in [7, 11) is 0. The molecule has 1 aromatic rings. The van der Waals surface area contributed by atoms with E-state index in [0.29, 0.717) is 5.92 Å². The van der Waals surface area contributed by atoms with E-state index in [-0.39, 0.29) is 0 Å². The van der Waals surface area contributed by atoms with Crippen LogP contribution < -0.4 is 10.5 Å². The Hall–Kier alpha value is -1.02. The van der Waals surface area contributed by atoms with Gasteiger partial charge in [0.05, 0.1) is 6.61 Å². The van der Waals surface area contributed by atoms with Crippen LogP contribution in [-0.2, 0) is 0 Å². The fraction of sp³-hybridized carbons (Fsp3) is 0.684. The Bertz CT molecular complexity index is 440. The van der Waals surface area contributed by atoms with Gasteiger partial charge in [0.1, 0.15) is 5.75 Å². The average Bonchev–Trinajstić information content (AvgIpc) is 2.47. The molecule has 0 fully saturated rings. The Balaban J connectivity index is 3.12. The largest absolute Gasteiger partial charge is 0.493 e. The first-order valence-electron chi connectivity index (χ1n) is 8.50. The van der Waals surface area contributed by atoms with Crippen molar-refractivity contribution in [3.63, 3.8) is 0 Å². The molecule has 0 amide bonds. The summed E-state index contributed by atoms with van der Waals surface area (Å²) in [4.78, 5) is 0. The van der Waals surface area contributed by atoms with E-state index in [1.165, 1.54) is 41.5 Å². The molecule has 0 bridgehead atoms. The molecule has 0 spiro atoms. The van der Waals surface area contributed by atoms with E-state index in [0.717, 1.165) is 31.7 Å². The molecule has 1 unspecified atom stereocenters. The Morgan fingerprint density at radius 1 is 1.05 bits per heavy atom. The fourth-order valence-electron chi connectivity index (χ4n) is 3.20. The highest BCUT2D eigenvalue weighted by molar-refractivity contribution is 5.49. The van der Waals surface area contributed by atoms with Gasteiger partial charge in [-0.2, -0.15) is 0 Å². The highest BCUT2D eigenvalue weighted by Gasteiger charge is 2.18. The maximum absolute atomic E-state index is 5.90. The van der Waals surface area contributed by atoms with E-state index in [4.69, 9.17) is 10.5 Å². The van der Waals surface area contributed by atoms with E-state index >= 15 is 0 Å². The van der Waals surface area contributed by atoms with Crippen molar-refractivity contribution in [2.24, 2.45) is 5.73 Å². The van der Waals surface area contributed by atoms with E-state index in [2.05, 4.69) is 40.7 Å². The second-order valence-electron chi connectivity index (χ2n) is 6.12. The van der Waals surface area contributed by atoms with E-state index in [1.807, 2.05) is 0 Å². The molecule has 1 aromatic carbocycles. The van der Waals surface area contributed by atoms with E-state index < -0.39 is 0 Å². The molecule has 0 saturated carbocycles. The first kappa shape index (κ1) is 18.0. The van der Waals surface area contributed by atoms with E-state index in [9.17, 15) is 0 Å². The number of aryl methyl sites for hydroxylation is 1. The Labute approximate surface area is 131 Å². The van der Waals surface area contributed by atoms with Gasteiger partial charge in [0.25, 0.3) is 0 Å². The number of benzene rings is 1. The van der Waals surface area contributed by atoms with Gasteiger partial charge in [0.2, 0.25) is 0 Å². The SMILES string of the molecule is CCCOc1cc(C)c(C(CCC)CCCN)c(C)c1C. The summed E-state index contributed by atoms with van der Waals surface area (Å²) in [6.07, 6.45) is 5.82. The van der Waals surface area contributed by atoms with Gasteiger partial charge in [-0.25, -0.2) is 0 Å². The average molecular weight is 291 g/mol. The van der Waals surface area contributed by atoms with Gasteiger partial charge in [0.15, 0.2) is 0 Å². The van der Waals surface area contributed by atoms with Gasteiger partial charge in [-0.3, -0.25) is 0 Å². The van der Waals surface area contributed by atoms with Gasteiger partial charge in [-0.05, 0) is 87.2 Å². The third-order valence-corrected chi connectivity index (χ3v) is 4.37. The summed E-state index contributed by atoms with van der Waals surface area (Å²) < 4.78 is 5.90. The van der Waals surface area contributed by atoms with Crippen molar-refractivity contribution in [1.29, 1.82) is 0 Å². The molecule has 120 valence electrons. The lowest BCUT2D eigenvalue weighted by Crippen LogP contribution is -2.09. The topological polar surface area (TPSA) is 35.2 Å². The van der Waals surface area contributed by atoms with Gasteiger partial charge < -0.3 is 10.5 Å². The van der Waals surface area contributed by atoms with Crippen molar-refractivity contribution >= 4 is 0 Å². The second-order valence-corrected chi connectivity index (χ2v) is 6.12. The summed E-state index contributed by atoms with van der Waals surface area (Å²) in [5.41, 5.74) is 11.3. The first-order valence-corrected chi connectivity index (χ1v) is 8.50. The van der Waals surface area contributed by atoms with Crippen molar-refractivity contribution in [3.8, 4) is 5.75 Å². The molecule has 0 aliphatic rings. The predicted octanol–water partition coefficient (Wildman–Crippen LogP) is 5.02. The quantitative estimate of drug-likeness (QED) is 0.693. The molecular formula is C19H33NO. The molecule has 0 aliphatic heterocycles. The summed E-state index contributed by atoms with van der Waals surface area (Å²) in [6.45, 7) is 12.7. The molecule has 2 N–H and O–H groups in total. The lowest BCUT2D eigenvalue weighted by atomic mass is 9.83. The summed E-state index contributed by atoms with van der Waals surface area (Å²) in [5.74, 6) is 1.70. The third-order valence-electron chi connectivity index (χ3n) is 4.37. The second kappa shape index (κ2) is 9.09. The number of rotatable bonds is 9. The van der Waals surface area contributed by atoms with Gasteiger partial charge in [-0.15, -0.1) is 0 Å². The zero-order valence-corrected chi connectivity index (χ0v) is 14.6. The smallest absolute Gasteiger partial charge is 0.122 e. The van der Waals surface area contributed by atoms with Crippen molar-refractivity contribution in [2.45, 2.75) is 72.6 Å². The molecule has 2 nitrogen and oxygen atoms in total. The normalized spacial score (nSPS) is 12.5. The van der Waals surface area contributed by atoms with Crippen LogP contribution in [-0.4, -0.2) is 13.2 Å². The number of hydrogen-bond donors (Lipinski definition) is 1. The van der Waals surface area contributed by atoms with Crippen LogP contribution in [0.25, 0.3) is 0 Å². The predicted molar refractivity (Wildman–Crippen MR) is 92.4 cm³/mol. The van der Waals surface area contributed by atoms with Crippen LogP contribution >= 0.6 is 0 Å². The number of ether oxygens (including phenoxy) is 1. The van der Waals surface area contributed by atoms with Crippen LogP contribution in [0.4, 0.5) is 0 Å². The highest BCUT2D eigenvalue weighted by Crippen LogP contribution is 2.36. The standard InChI is InChI=1S/C19H33NO/c1-6-9-17(10-8-11-20)19-14(3)13-18(21-12-7-2)15(4)16(19)5/h13,17H,6-12,20H2,1-5H3. The molecule has 0 aliphatic carbocycles. The maximum atomic E-state index is 5.90. The van der Waals surface area contributed by atoms with Crippen LogP contribution in [0, 0.1) is 20.8 Å². The molecule has 0 radical (unpaired) electrons. The zero-order chi connectivity index (χ0) is 15.8. The lowest BCUT2D eigenvalue weighted by molar-refractivity contribution is 0.314. The summed E-state index contributed by atoms with van der Waals surface area (Å²) >= 11 is 0. The zero-order valence-electron chi connectivity index (χ0n) is 14.6. The van der Waals surface area contributed by atoms with Crippen molar-refractivity contribution in [3.05, 3.63) is 28.3 Å².